The Kier molecular flexibility index (Phi) is 4.79. The van der Waals surface area contributed by atoms with Gasteiger partial charge in [-0.3, -0.25) is 0 Å². The largest absolute Gasteiger partial charge is 0.506 e. The molecule has 1 N–H and O–H groups in total. The third kappa shape index (κ3) is 3.88. The molecule has 0 unspecified atom stereocenters. The van der Waals surface area contributed by atoms with Gasteiger partial charge >= 0.3 is 0 Å². The van der Waals surface area contributed by atoms with Crippen molar-refractivity contribution < 1.29 is 19.0 Å². The Balaban J connectivity index is 1.47. The maximum absolute atomic E-state index is 9.47. The summed E-state index contributed by atoms with van der Waals surface area (Å²) in [7, 11) is 0. The number of benzene rings is 3. The first-order valence-electron chi connectivity index (χ1n) is 8.42. The van der Waals surface area contributed by atoms with E-state index in [2.05, 4.69) is 6.07 Å². The minimum Gasteiger partial charge on any atom is -0.506 e. The van der Waals surface area contributed by atoms with E-state index in [0.717, 1.165) is 10.9 Å². The molecular weight excluding hydrogens is 378 g/mol. The van der Waals surface area contributed by atoms with Gasteiger partial charge in [-0.1, -0.05) is 23.7 Å². The number of hydrogen-bond acceptors (Lipinski definition) is 5. The van der Waals surface area contributed by atoms with Gasteiger partial charge in [-0.15, -0.1) is 0 Å². The lowest BCUT2D eigenvalue weighted by Crippen LogP contribution is -1.95. The highest BCUT2D eigenvalue weighted by molar-refractivity contribution is 6.32. The molecule has 0 bridgehead atoms. The van der Waals surface area contributed by atoms with Gasteiger partial charge in [0.25, 0.3) is 5.95 Å². The van der Waals surface area contributed by atoms with E-state index in [9.17, 15) is 5.11 Å². The fourth-order valence-corrected chi connectivity index (χ4v) is 2.82. The van der Waals surface area contributed by atoms with Crippen molar-refractivity contribution in [2.24, 2.45) is 0 Å². The first kappa shape index (κ1) is 17.8. The van der Waals surface area contributed by atoms with Crippen LogP contribution in [0.15, 0.2) is 71.1 Å². The van der Waals surface area contributed by atoms with Gasteiger partial charge in [0, 0.05) is 17.5 Å². The van der Waals surface area contributed by atoms with Crippen molar-refractivity contribution in [1.29, 1.82) is 5.26 Å². The number of nitriles is 1. The first-order chi connectivity index (χ1) is 13.6. The third-order valence-electron chi connectivity index (χ3n) is 4.09. The molecule has 0 amide bonds. The summed E-state index contributed by atoms with van der Waals surface area (Å²) in [4.78, 5) is 0. The van der Waals surface area contributed by atoms with Crippen molar-refractivity contribution in [1.82, 2.24) is 0 Å². The summed E-state index contributed by atoms with van der Waals surface area (Å²) in [5, 5.41) is 19.3. The minimum absolute atomic E-state index is 0.0114. The molecular formula is C22H14ClNO4. The van der Waals surface area contributed by atoms with Crippen LogP contribution in [0.25, 0.3) is 11.0 Å². The van der Waals surface area contributed by atoms with E-state index in [1.165, 1.54) is 12.1 Å². The predicted molar refractivity (Wildman–Crippen MR) is 105 cm³/mol. The summed E-state index contributed by atoms with van der Waals surface area (Å²) >= 11 is 5.89. The second-order valence-electron chi connectivity index (χ2n) is 6.08. The van der Waals surface area contributed by atoms with Gasteiger partial charge in [-0.05, 0) is 48.0 Å². The van der Waals surface area contributed by atoms with Crippen molar-refractivity contribution >= 4 is 22.6 Å². The average Bonchev–Trinajstić information content (AvgIpc) is 3.11. The fraction of sp³-hybridized carbons (Fsp3) is 0.0455. The van der Waals surface area contributed by atoms with E-state index in [0.29, 0.717) is 35.2 Å². The lowest BCUT2D eigenvalue weighted by atomic mass is 10.1. The summed E-state index contributed by atoms with van der Waals surface area (Å²) < 4.78 is 17.2. The van der Waals surface area contributed by atoms with E-state index in [1.54, 1.807) is 30.3 Å². The van der Waals surface area contributed by atoms with Crippen LogP contribution < -0.4 is 9.47 Å². The molecule has 0 fully saturated rings. The number of fused-ring (bicyclic) bond motifs is 1. The van der Waals surface area contributed by atoms with Gasteiger partial charge in [-0.2, -0.15) is 5.26 Å². The summed E-state index contributed by atoms with van der Waals surface area (Å²) in [5.41, 5.74) is 2.25. The lowest BCUT2D eigenvalue weighted by Gasteiger charge is -2.06. The Morgan fingerprint density at radius 2 is 1.75 bits per heavy atom. The molecule has 0 aliphatic rings. The van der Waals surface area contributed by atoms with Crippen LogP contribution in [0.4, 0.5) is 0 Å². The molecule has 3 aromatic carbocycles. The van der Waals surface area contributed by atoms with E-state index in [1.807, 2.05) is 24.3 Å². The molecule has 28 heavy (non-hydrogen) atoms. The molecule has 4 rings (SSSR count). The minimum atomic E-state index is -0.0114. The number of ether oxygens (including phenoxy) is 2. The Bertz CT molecular complexity index is 1180. The van der Waals surface area contributed by atoms with Crippen molar-refractivity contribution in [3.63, 3.8) is 0 Å². The van der Waals surface area contributed by atoms with Gasteiger partial charge in [0.2, 0.25) is 0 Å². The number of nitrogens with zero attached hydrogens (tertiary/aromatic N) is 1. The predicted octanol–water partition coefficient (Wildman–Crippen LogP) is 6.03. The zero-order valence-electron chi connectivity index (χ0n) is 14.6. The van der Waals surface area contributed by atoms with Crippen LogP contribution in [-0.2, 0) is 6.61 Å². The maximum atomic E-state index is 9.47. The van der Waals surface area contributed by atoms with Crippen molar-refractivity contribution in [3.05, 3.63) is 82.9 Å². The van der Waals surface area contributed by atoms with Crippen LogP contribution in [0, 0.1) is 11.3 Å². The summed E-state index contributed by atoms with van der Waals surface area (Å²) in [5.74, 6) is 1.44. The Hall–Kier alpha value is -3.62. The topological polar surface area (TPSA) is 75.6 Å². The molecule has 0 spiro atoms. The molecule has 0 saturated heterocycles. The second kappa shape index (κ2) is 7.55. The fourth-order valence-electron chi connectivity index (χ4n) is 2.65. The van der Waals surface area contributed by atoms with Crippen LogP contribution in [0.5, 0.6) is 23.2 Å². The quantitative estimate of drug-likeness (QED) is 0.449. The molecule has 0 saturated carbocycles. The van der Waals surface area contributed by atoms with Crippen LogP contribution in [-0.4, -0.2) is 5.11 Å². The number of halogens is 1. The van der Waals surface area contributed by atoms with Gasteiger partial charge in [-0.25, -0.2) is 0 Å². The van der Waals surface area contributed by atoms with Crippen LogP contribution >= 0.6 is 11.6 Å². The maximum Gasteiger partial charge on any atom is 0.291 e. The lowest BCUT2D eigenvalue weighted by molar-refractivity contribution is 0.306. The highest BCUT2D eigenvalue weighted by Gasteiger charge is 2.09. The van der Waals surface area contributed by atoms with Crippen molar-refractivity contribution in [2.45, 2.75) is 6.61 Å². The number of hydrogen-bond donors (Lipinski definition) is 1. The van der Waals surface area contributed by atoms with E-state index < -0.39 is 0 Å². The van der Waals surface area contributed by atoms with Crippen molar-refractivity contribution in [3.8, 4) is 29.3 Å². The molecule has 1 aromatic heterocycles. The summed E-state index contributed by atoms with van der Waals surface area (Å²) in [6.45, 7) is 0.393. The van der Waals surface area contributed by atoms with Crippen LogP contribution in [0.2, 0.25) is 5.02 Å². The number of phenolic OH excluding ortho intramolecular Hbond substituents is 1. The zero-order chi connectivity index (χ0) is 19.5. The van der Waals surface area contributed by atoms with Crippen LogP contribution in [0.3, 0.4) is 0 Å². The smallest absolute Gasteiger partial charge is 0.291 e. The summed E-state index contributed by atoms with van der Waals surface area (Å²) in [6.07, 6.45) is 0. The number of furan rings is 1. The Morgan fingerprint density at radius 3 is 2.50 bits per heavy atom. The average molecular weight is 392 g/mol. The molecule has 0 radical (unpaired) electrons. The molecule has 0 aliphatic carbocycles. The second-order valence-corrected chi connectivity index (χ2v) is 6.48. The standard InChI is InChI=1S/C22H14ClNO4/c23-19-11-18(5-7-20(19)25)27-22-10-16-9-17(6-8-21(16)28-22)26-13-15-3-1-14(12-24)2-4-15/h1-11,25H,13H2. The number of aromatic hydroxyl groups is 1. The summed E-state index contributed by atoms with van der Waals surface area (Å²) in [6, 6.07) is 21.1. The highest BCUT2D eigenvalue weighted by atomic mass is 35.5. The van der Waals surface area contributed by atoms with Gasteiger partial charge in [0.05, 0.1) is 16.7 Å². The zero-order valence-corrected chi connectivity index (χ0v) is 15.3. The van der Waals surface area contributed by atoms with Gasteiger partial charge < -0.3 is 19.0 Å². The van der Waals surface area contributed by atoms with Gasteiger partial charge in [0.15, 0.2) is 0 Å². The normalized spacial score (nSPS) is 10.6. The van der Waals surface area contributed by atoms with E-state index in [4.69, 9.17) is 30.8 Å². The van der Waals surface area contributed by atoms with Crippen LogP contribution in [0.1, 0.15) is 11.1 Å². The van der Waals surface area contributed by atoms with E-state index in [-0.39, 0.29) is 10.8 Å². The Morgan fingerprint density at radius 1 is 0.964 bits per heavy atom. The van der Waals surface area contributed by atoms with Gasteiger partial charge in [0.1, 0.15) is 29.4 Å². The Labute approximate surface area is 165 Å². The molecule has 0 aliphatic heterocycles. The molecule has 4 aromatic rings. The first-order valence-corrected chi connectivity index (χ1v) is 8.80. The molecule has 138 valence electrons. The molecule has 6 heteroatoms. The highest BCUT2D eigenvalue weighted by Crippen LogP contribution is 2.34. The molecule has 5 nitrogen and oxygen atoms in total. The molecule has 1 heterocycles. The number of rotatable bonds is 5. The monoisotopic (exact) mass is 391 g/mol. The molecule has 0 atom stereocenters. The SMILES string of the molecule is N#Cc1ccc(COc2ccc3oc(Oc4ccc(O)c(Cl)c4)cc3c2)cc1. The van der Waals surface area contributed by atoms with E-state index >= 15 is 0 Å². The van der Waals surface area contributed by atoms with Crippen molar-refractivity contribution in [2.75, 3.05) is 0 Å². The number of phenols is 1. The third-order valence-corrected chi connectivity index (χ3v) is 4.39.